The second-order valence-corrected chi connectivity index (χ2v) is 5.66. The fourth-order valence-electron chi connectivity index (χ4n) is 2.61. The van der Waals surface area contributed by atoms with Crippen molar-refractivity contribution >= 4 is 5.91 Å². The van der Waals surface area contributed by atoms with Crippen LogP contribution in [-0.2, 0) is 9.53 Å². The van der Waals surface area contributed by atoms with Gasteiger partial charge in [0, 0.05) is 13.2 Å². The Morgan fingerprint density at radius 3 is 2.72 bits per heavy atom. The van der Waals surface area contributed by atoms with Crippen LogP contribution in [0.4, 0.5) is 0 Å². The van der Waals surface area contributed by atoms with E-state index in [0.29, 0.717) is 13.2 Å². The molecule has 18 heavy (non-hydrogen) atoms. The normalized spacial score (nSPS) is 22.7. The summed E-state index contributed by atoms with van der Waals surface area (Å²) in [6.45, 7) is 6.22. The zero-order valence-corrected chi connectivity index (χ0v) is 11.5. The van der Waals surface area contributed by atoms with Gasteiger partial charge in [-0.25, -0.2) is 0 Å². The molecular weight excluding hydrogens is 228 g/mol. The van der Waals surface area contributed by atoms with Crippen LogP contribution in [0.3, 0.4) is 0 Å². The Balaban J connectivity index is 1.64. The van der Waals surface area contributed by atoms with Crippen LogP contribution in [0.2, 0.25) is 0 Å². The summed E-state index contributed by atoms with van der Waals surface area (Å²) in [5.74, 6) is 1.02. The van der Waals surface area contributed by atoms with Crippen LogP contribution in [0.25, 0.3) is 0 Å². The van der Waals surface area contributed by atoms with Gasteiger partial charge in [-0.15, -0.1) is 0 Å². The number of ether oxygens (including phenoxy) is 1. The van der Waals surface area contributed by atoms with E-state index >= 15 is 0 Å². The molecule has 2 rings (SSSR count). The van der Waals surface area contributed by atoms with Crippen molar-refractivity contribution < 1.29 is 9.53 Å². The van der Waals surface area contributed by atoms with Crippen molar-refractivity contribution in [3.63, 3.8) is 0 Å². The van der Waals surface area contributed by atoms with E-state index in [1.165, 1.54) is 12.8 Å². The highest BCUT2D eigenvalue weighted by molar-refractivity contribution is 5.82. The first-order valence-electron chi connectivity index (χ1n) is 7.33. The zero-order chi connectivity index (χ0) is 12.8. The van der Waals surface area contributed by atoms with Crippen LogP contribution in [0.1, 0.15) is 39.0 Å². The minimum atomic E-state index is -0.137. The van der Waals surface area contributed by atoms with Gasteiger partial charge in [-0.05, 0) is 51.1 Å². The van der Waals surface area contributed by atoms with Gasteiger partial charge in [0.05, 0.1) is 12.0 Å². The average Bonchev–Trinajstić information content (AvgIpc) is 3.23. The number of hydrogen-bond donors (Lipinski definition) is 2. The first-order valence-corrected chi connectivity index (χ1v) is 7.33. The van der Waals surface area contributed by atoms with E-state index in [1.54, 1.807) is 0 Å². The number of hydrogen-bond acceptors (Lipinski definition) is 3. The molecule has 0 bridgehead atoms. The van der Waals surface area contributed by atoms with Crippen molar-refractivity contribution in [1.82, 2.24) is 10.6 Å². The van der Waals surface area contributed by atoms with Gasteiger partial charge >= 0.3 is 0 Å². The smallest absolute Gasteiger partial charge is 0.226 e. The van der Waals surface area contributed by atoms with E-state index in [-0.39, 0.29) is 11.3 Å². The maximum absolute atomic E-state index is 12.3. The lowest BCUT2D eigenvalue weighted by Gasteiger charge is -2.35. The molecule has 0 spiro atoms. The maximum Gasteiger partial charge on any atom is 0.226 e. The van der Waals surface area contributed by atoms with Crippen molar-refractivity contribution in [2.45, 2.75) is 39.0 Å². The van der Waals surface area contributed by atoms with Crippen molar-refractivity contribution in [1.29, 1.82) is 0 Å². The Morgan fingerprint density at radius 1 is 1.39 bits per heavy atom. The average molecular weight is 254 g/mol. The third kappa shape index (κ3) is 3.69. The minimum Gasteiger partial charge on any atom is -0.379 e. The Labute approximate surface area is 110 Å². The van der Waals surface area contributed by atoms with E-state index in [1.807, 2.05) is 0 Å². The molecule has 0 radical (unpaired) electrons. The number of rotatable bonds is 7. The van der Waals surface area contributed by atoms with Crippen molar-refractivity contribution in [2.24, 2.45) is 11.3 Å². The van der Waals surface area contributed by atoms with Gasteiger partial charge in [0.15, 0.2) is 0 Å². The first-order chi connectivity index (χ1) is 8.77. The summed E-state index contributed by atoms with van der Waals surface area (Å²) in [6.07, 6.45) is 5.48. The van der Waals surface area contributed by atoms with E-state index in [0.717, 1.165) is 44.9 Å². The molecule has 1 aliphatic heterocycles. The van der Waals surface area contributed by atoms with Gasteiger partial charge in [0.25, 0.3) is 0 Å². The van der Waals surface area contributed by atoms with Crippen LogP contribution >= 0.6 is 0 Å². The van der Waals surface area contributed by atoms with Crippen LogP contribution < -0.4 is 10.6 Å². The van der Waals surface area contributed by atoms with Gasteiger partial charge in [-0.3, -0.25) is 4.79 Å². The number of nitrogens with one attached hydrogen (secondary N) is 2. The molecule has 0 aromatic heterocycles. The molecule has 2 aliphatic rings. The lowest BCUT2D eigenvalue weighted by atomic mass is 9.76. The van der Waals surface area contributed by atoms with E-state index in [4.69, 9.17) is 4.74 Å². The molecule has 0 unspecified atom stereocenters. The van der Waals surface area contributed by atoms with E-state index in [2.05, 4.69) is 17.6 Å². The molecule has 104 valence electrons. The van der Waals surface area contributed by atoms with Gasteiger partial charge in [-0.2, -0.15) is 0 Å². The molecule has 1 saturated carbocycles. The molecule has 2 fully saturated rings. The molecule has 0 aromatic carbocycles. The Kier molecular flexibility index (Phi) is 5.01. The summed E-state index contributed by atoms with van der Waals surface area (Å²) in [7, 11) is 0. The van der Waals surface area contributed by atoms with Crippen LogP contribution in [0, 0.1) is 11.3 Å². The molecule has 4 nitrogen and oxygen atoms in total. The summed E-state index contributed by atoms with van der Waals surface area (Å²) in [5, 5.41) is 6.37. The molecule has 1 heterocycles. The summed E-state index contributed by atoms with van der Waals surface area (Å²) in [6, 6.07) is 0. The summed E-state index contributed by atoms with van der Waals surface area (Å²) < 4.78 is 5.53. The highest BCUT2D eigenvalue weighted by Gasteiger charge is 2.37. The minimum absolute atomic E-state index is 0.137. The largest absolute Gasteiger partial charge is 0.379 e. The third-order valence-electron chi connectivity index (χ3n) is 4.30. The molecule has 4 heteroatoms. The van der Waals surface area contributed by atoms with Crippen LogP contribution in [-0.4, -0.2) is 38.8 Å². The number of amides is 1. The number of piperidine rings is 1. The monoisotopic (exact) mass is 254 g/mol. The molecule has 1 amide bonds. The lowest BCUT2D eigenvalue weighted by molar-refractivity contribution is -0.133. The van der Waals surface area contributed by atoms with Crippen molar-refractivity contribution in [3.8, 4) is 0 Å². The maximum atomic E-state index is 12.3. The van der Waals surface area contributed by atoms with Gasteiger partial charge in [0.2, 0.25) is 5.91 Å². The van der Waals surface area contributed by atoms with Crippen LogP contribution in [0.5, 0.6) is 0 Å². The second kappa shape index (κ2) is 6.53. The SMILES string of the molecule is CCC1(C(=O)NCCOCC2CC2)CCNCC1. The Morgan fingerprint density at radius 2 is 2.11 bits per heavy atom. The highest BCUT2D eigenvalue weighted by atomic mass is 16.5. The summed E-state index contributed by atoms with van der Waals surface area (Å²) in [4.78, 5) is 12.3. The molecule has 1 saturated heterocycles. The molecule has 0 atom stereocenters. The third-order valence-corrected chi connectivity index (χ3v) is 4.30. The molecule has 0 aromatic rings. The van der Waals surface area contributed by atoms with E-state index in [9.17, 15) is 4.79 Å². The molecular formula is C14H26N2O2. The molecule has 1 aliphatic carbocycles. The number of carbonyl (C=O) groups excluding carboxylic acids is 1. The summed E-state index contributed by atoms with van der Waals surface area (Å²) >= 11 is 0. The van der Waals surface area contributed by atoms with Gasteiger partial charge in [-0.1, -0.05) is 6.92 Å². The lowest BCUT2D eigenvalue weighted by Crippen LogP contribution is -2.48. The van der Waals surface area contributed by atoms with Gasteiger partial charge in [0.1, 0.15) is 0 Å². The predicted octanol–water partition coefficient (Wildman–Crippen LogP) is 1.31. The van der Waals surface area contributed by atoms with Crippen molar-refractivity contribution in [2.75, 3.05) is 32.8 Å². The quantitative estimate of drug-likeness (QED) is 0.674. The van der Waals surface area contributed by atoms with Gasteiger partial charge < -0.3 is 15.4 Å². The number of carbonyl (C=O) groups is 1. The zero-order valence-electron chi connectivity index (χ0n) is 11.5. The van der Waals surface area contributed by atoms with Crippen molar-refractivity contribution in [3.05, 3.63) is 0 Å². The predicted molar refractivity (Wildman–Crippen MR) is 71.4 cm³/mol. The highest BCUT2D eigenvalue weighted by Crippen LogP contribution is 2.32. The standard InChI is InChI=1S/C14H26N2O2/c1-2-14(5-7-15-8-6-14)13(17)16-9-10-18-11-12-3-4-12/h12,15H,2-11H2,1H3,(H,16,17). The molecule has 2 N–H and O–H groups in total. The fourth-order valence-corrected chi connectivity index (χ4v) is 2.61. The second-order valence-electron chi connectivity index (χ2n) is 5.66. The topological polar surface area (TPSA) is 50.4 Å². The first kappa shape index (κ1) is 13.8. The fraction of sp³-hybridized carbons (Fsp3) is 0.929. The summed E-state index contributed by atoms with van der Waals surface area (Å²) in [5.41, 5.74) is -0.137. The van der Waals surface area contributed by atoms with E-state index < -0.39 is 0 Å². The Hall–Kier alpha value is -0.610. The Bertz CT molecular complexity index is 271. The van der Waals surface area contributed by atoms with Crippen LogP contribution in [0.15, 0.2) is 0 Å².